The van der Waals surface area contributed by atoms with E-state index in [0.29, 0.717) is 0 Å². The number of ether oxygens (including phenoxy) is 1. The van der Waals surface area contributed by atoms with Crippen LogP contribution in [0.4, 0.5) is 4.39 Å². The molecule has 1 aliphatic heterocycles. The highest BCUT2D eigenvalue weighted by Crippen LogP contribution is 2.38. The lowest BCUT2D eigenvalue weighted by Gasteiger charge is -2.14. The molecule has 0 saturated carbocycles. The Kier molecular flexibility index (Phi) is 3.87. The molecule has 0 N–H and O–H groups in total. The van der Waals surface area contributed by atoms with E-state index in [0.717, 1.165) is 27.8 Å². The fourth-order valence-corrected chi connectivity index (χ4v) is 4.06. The van der Waals surface area contributed by atoms with Crippen molar-refractivity contribution in [1.29, 1.82) is 0 Å². The van der Waals surface area contributed by atoms with E-state index in [2.05, 4.69) is 44.8 Å². The SMILES string of the molecule is CC1Cc2cc(C(Br)c3ccc(F)cc3Br)ccc2O1. The molecule has 104 valence electrons. The zero-order valence-corrected chi connectivity index (χ0v) is 14.0. The number of halogens is 3. The average Bonchev–Trinajstić information content (AvgIpc) is 2.77. The summed E-state index contributed by atoms with van der Waals surface area (Å²) in [5, 5.41) is 0. The Balaban J connectivity index is 1.95. The van der Waals surface area contributed by atoms with Crippen molar-refractivity contribution in [1.82, 2.24) is 0 Å². The summed E-state index contributed by atoms with van der Waals surface area (Å²) in [6, 6.07) is 11.0. The minimum atomic E-state index is -0.239. The topological polar surface area (TPSA) is 9.23 Å². The van der Waals surface area contributed by atoms with E-state index < -0.39 is 0 Å². The monoisotopic (exact) mass is 398 g/mol. The molecule has 0 radical (unpaired) electrons. The maximum Gasteiger partial charge on any atom is 0.124 e. The average molecular weight is 400 g/mol. The van der Waals surface area contributed by atoms with Gasteiger partial charge in [0.1, 0.15) is 17.7 Å². The van der Waals surface area contributed by atoms with Crippen molar-refractivity contribution in [2.75, 3.05) is 0 Å². The van der Waals surface area contributed by atoms with Crippen LogP contribution in [0, 0.1) is 5.82 Å². The summed E-state index contributed by atoms with van der Waals surface area (Å²) < 4.78 is 19.7. The van der Waals surface area contributed by atoms with Crippen molar-refractivity contribution in [3.8, 4) is 5.75 Å². The van der Waals surface area contributed by atoms with Gasteiger partial charge in [-0.15, -0.1) is 0 Å². The van der Waals surface area contributed by atoms with E-state index in [1.54, 1.807) is 6.07 Å². The maximum absolute atomic E-state index is 13.2. The summed E-state index contributed by atoms with van der Waals surface area (Å²) in [5.41, 5.74) is 3.39. The van der Waals surface area contributed by atoms with Crippen LogP contribution >= 0.6 is 31.9 Å². The van der Waals surface area contributed by atoms with E-state index >= 15 is 0 Å². The largest absolute Gasteiger partial charge is 0.490 e. The molecule has 2 unspecified atom stereocenters. The number of fused-ring (bicyclic) bond motifs is 1. The van der Waals surface area contributed by atoms with Crippen molar-refractivity contribution >= 4 is 31.9 Å². The molecule has 0 fully saturated rings. The zero-order chi connectivity index (χ0) is 14.3. The van der Waals surface area contributed by atoms with Crippen LogP contribution in [0.1, 0.15) is 28.4 Å². The van der Waals surface area contributed by atoms with Gasteiger partial charge < -0.3 is 4.74 Å². The number of rotatable bonds is 2. The van der Waals surface area contributed by atoms with Gasteiger partial charge in [-0.1, -0.05) is 50.1 Å². The first-order chi connectivity index (χ1) is 9.54. The third kappa shape index (κ3) is 2.63. The fourth-order valence-electron chi connectivity index (χ4n) is 2.49. The molecule has 0 aromatic heterocycles. The molecular formula is C16H13Br2FO. The molecule has 1 aliphatic rings. The Morgan fingerprint density at radius 1 is 1.25 bits per heavy atom. The van der Waals surface area contributed by atoms with Gasteiger partial charge in [0.15, 0.2) is 0 Å². The molecule has 20 heavy (non-hydrogen) atoms. The predicted octanol–water partition coefficient (Wildman–Crippen LogP) is 5.40. The highest BCUT2D eigenvalue weighted by molar-refractivity contribution is 9.11. The van der Waals surface area contributed by atoms with Gasteiger partial charge in [-0.25, -0.2) is 4.39 Å². The molecule has 4 heteroatoms. The van der Waals surface area contributed by atoms with Crippen molar-refractivity contribution in [3.63, 3.8) is 0 Å². The smallest absolute Gasteiger partial charge is 0.124 e. The Hall–Kier alpha value is -0.870. The number of hydrogen-bond acceptors (Lipinski definition) is 1. The second-order valence-corrected chi connectivity index (χ2v) is 6.80. The van der Waals surface area contributed by atoms with Gasteiger partial charge in [0, 0.05) is 10.9 Å². The maximum atomic E-state index is 13.2. The van der Waals surface area contributed by atoms with Gasteiger partial charge in [-0.2, -0.15) is 0 Å². The van der Waals surface area contributed by atoms with Crippen LogP contribution < -0.4 is 4.74 Å². The first-order valence-corrected chi connectivity index (χ1v) is 8.14. The Morgan fingerprint density at radius 2 is 2.05 bits per heavy atom. The second-order valence-electron chi connectivity index (χ2n) is 5.03. The van der Waals surface area contributed by atoms with E-state index in [-0.39, 0.29) is 16.7 Å². The van der Waals surface area contributed by atoms with Gasteiger partial charge in [0.25, 0.3) is 0 Å². The third-order valence-corrected chi connectivity index (χ3v) is 5.16. The number of benzene rings is 2. The normalized spacial score (nSPS) is 18.5. The van der Waals surface area contributed by atoms with Crippen LogP contribution in [0.3, 0.4) is 0 Å². The van der Waals surface area contributed by atoms with Crippen molar-refractivity contribution in [2.45, 2.75) is 24.3 Å². The molecular weight excluding hydrogens is 387 g/mol. The molecule has 2 aromatic carbocycles. The van der Waals surface area contributed by atoms with Crippen LogP contribution in [0.2, 0.25) is 0 Å². The number of hydrogen-bond donors (Lipinski definition) is 0. The zero-order valence-electron chi connectivity index (χ0n) is 10.9. The van der Waals surface area contributed by atoms with Crippen LogP contribution in [0.25, 0.3) is 0 Å². The summed E-state index contributed by atoms with van der Waals surface area (Å²) in [6.07, 6.45) is 1.18. The first kappa shape index (κ1) is 14.1. The first-order valence-electron chi connectivity index (χ1n) is 6.43. The lowest BCUT2D eigenvalue weighted by Crippen LogP contribution is -2.05. The minimum absolute atomic E-state index is 0.0266. The van der Waals surface area contributed by atoms with Crippen molar-refractivity contribution in [2.24, 2.45) is 0 Å². The quantitative estimate of drug-likeness (QED) is 0.614. The standard InChI is InChI=1S/C16H13Br2FO/c1-9-6-11-7-10(2-5-15(11)20-9)16(18)13-4-3-12(19)8-14(13)17/h2-5,7-9,16H,6H2,1H3. The summed E-state index contributed by atoms with van der Waals surface area (Å²) in [4.78, 5) is 0.0266. The third-order valence-electron chi connectivity index (χ3n) is 3.45. The predicted molar refractivity (Wildman–Crippen MR) is 85.1 cm³/mol. The molecule has 2 aromatic rings. The lowest BCUT2D eigenvalue weighted by molar-refractivity contribution is 0.254. The van der Waals surface area contributed by atoms with Crippen molar-refractivity contribution in [3.05, 3.63) is 63.4 Å². The van der Waals surface area contributed by atoms with E-state index in [4.69, 9.17) is 4.74 Å². The van der Waals surface area contributed by atoms with Gasteiger partial charge in [-0.3, -0.25) is 0 Å². The molecule has 3 rings (SSSR count). The summed E-state index contributed by atoms with van der Waals surface area (Å²) in [6.45, 7) is 2.07. The molecule has 2 atom stereocenters. The molecule has 1 nitrogen and oxygen atoms in total. The van der Waals surface area contributed by atoms with E-state index in [1.165, 1.54) is 17.7 Å². The molecule has 0 spiro atoms. The Morgan fingerprint density at radius 3 is 2.80 bits per heavy atom. The minimum Gasteiger partial charge on any atom is -0.490 e. The van der Waals surface area contributed by atoms with Gasteiger partial charge in [-0.05, 0) is 41.8 Å². The van der Waals surface area contributed by atoms with E-state index in [9.17, 15) is 4.39 Å². The molecule has 0 amide bonds. The van der Waals surface area contributed by atoms with Gasteiger partial charge in [0.2, 0.25) is 0 Å². The fraction of sp³-hybridized carbons (Fsp3) is 0.250. The lowest BCUT2D eigenvalue weighted by atomic mass is 10.0. The molecule has 0 bridgehead atoms. The van der Waals surface area contributed by atoms with E-state index in [1.807, 2.05) is 12.1 Å². The van der Waals surface area contributed by atoms with Crippen molar-refractivity contribution < 1.29 is 9.13 Å². The van der Waals surface area contributed by atoms with Gasteiger partial charge >= 0.3 is 0 Å². The summed E-state index contributed by atoms with van der Waals surface area (Å²) in [7, 11) is 0. The molecule has 1 heterocycles. The highest BCUT2D eigenvalue weighted by atomic mass is 79.9. The summed E-state index contributed by atoms with van der Waals surface area (Å²) >= 11 is 7.12. The van der Waals surface area contributed by atoms with Crippen LogP contribution in [0.15, 0.2) is 40.9 Å². The van der Waals surface area contributed by atoms with Crippen LogP contribution in [0.5, 0.6) is 5.75 Å². The van der Waals surface area contributed by atoms with Gasteiger partial charge in [0.05, 0.1) is 4.83 Å². The molecule has 0 aliphatic carbocycles. The molecule has 0 saturated heterocycles. The van der Waals surface area contributed by atoms with Crippen LogP contribution in [-0.2, 0) is 6.42 Å². The highest BCUT2D eigenvalue weighted by Gasteiger charge is 2.21. The number of alkyl halides is 1. The second kappa shape index (κ2) is 5.49. The Labute approximate surface area is 134 Å². The van der Waals surface area contributed by atoms with Crippen LogP contribution in [-0.4, -0.2) is 6.10 Å². The summed E-state index contributed by atoms with van der Waals surface area (Å²) in [5.74, 6) is 0.732. The Bertz CT molecular complexity index is 657.